The fourth-order valence-electron chi connectivity index (χ4n) is 4.41. The van der Waals surface area contributed by atoms with E-state index in [1.165, 1.54) is 24.4 Å². The van der Waals surface area contributed by atoms with Crippen molar-refractivity contribution >= 4 is 16.8 Å². The summed E-state index contributed by atoms with van der Waals surface area (Å²) in [5.41, 5.74) is 4.67. The lowest BCUT2D eigenvalue weighted by Gasteiger charge is -2.35. The maximum absolute atomic E-state index is 14.1. The molecule has 0 saturated heterocycles. The molecule has 2 aliphatic carbocycles. The molecule has 0 bridgehead atoms. The number of halogens is 4. The normalized spacial score (nSPS) is 28.4. The van der Waals surface area contributed by atoms with Crippen molar-refractivity contribution in [2.24, 2.45) is 5.73 Å². The van der Waals surface area contributed by atoms with E-state index in [1.54, 1.807) is 0 Å². The topological polar surface area (TPSA) is 102 Å². The van der Waals surface area contributed by atoms with E-state index in [4.69, 9.17) is 9.85 Å². The van der Waals surface area contributed by atoms with E-state index in [0.29, 0.717) is 0 Å². The molecule has 3 aromatic rings. The third-order valence-electron chi connectivity index (χ3n) is 6.18. The number of hydrogen-bond donors (Lipinski definition) is 2. The van der Waals surface area contributed by atoms with Crippen LogP contribution >= 0.6 is 0 Å². The number of aromatic amines is 1. The third kappa shape index (κ3) is 4.05. The van der Waals surface area contributed by atoms with Gasteiger partial charge >= 0.3 is 0 Å². The molecule has 5 rings (SSSR count). The molecular weight excluding hydrogens is 452 g/mol. The van der Waals surface area contributed by atoms with E-state index >= 15 is 0 Å². The Hall–Kier alpha value is -3.30. The second-order valence-electron chi connectivity index (χ2n) is 8.69. The number of pyridine rings is 3. The minimum Gasteiger partial charge on any atom is -0.364 e. The Morgan fingerprint density at radius 3 is 2.59 bits per heavy atom. The highest BCUT2D eigenvalue weighted by molar-refractivity contribution is 6.03. The second-order valence-corrected chi connectivity index (χ2v) is 8.69. The summed E-state index contributed by atoms with van der Waals surface area (Å²) in [6.45, 7) is 0. The first-order chi connectivity index (χ1) is 17.1. The van der Waals surface area contributed by atoms with Crippen molar-refractivity contribution < 1.29 is 26.5 Å². The molecule has 1 amide bonds. The first kappa shape index (κ1) is 19.1. The van der Waals surface area contributed by atoms with Gasteiger partial charge in [-0.3, -0.25) is 19.6 Å². The highest BCUT2D eigenvalue weighted by Gasteiger charge is 2.47. The highest BCUT2D eigenvalue weighted by Crippen LogP contribution is 2.49. The van der Waals surface area contributed by atoms with Gasteiger partial charge in [0.15, 0.2) is 5.43 Å². The summed E-state index contributed by atoms with van der Waals surface area (Å²) < 4.78 is 81.3. The molecule has 2 fully saturated rings. The first-order valence-corrected chi connectivity index (χ1v) is 10.7. The summed E-state index contributed by atoms with van der Waals surface area (Å²) in [6.07, 6.45) is -3.92. The van der Waals surface area contributed by atoms with Crippen LogP contribution < -0.4 is 11.2 Å². The lowest BCUT2D eigenvalue weighted by atomic mass is 9.78. The lowest BCUT2D eigenvalue weighted by molar-refractivity contribution is -0.0877. The predicted octanol–water partition coefficient (Wildman–Crippen LogP) is 4.89. The molecule has 0 radical (unpaired) electrons. The third-order valence-corrected chi connectivity index (χ3v) is 6.18. The Balaban J connectivity index is 1.71. The molecule has 3 N–H and O–H groups in total. The Kier molecular flexibility index (Phi) is 4.42. The maximum atomic E-state index is 14.1. The zero-order chi connectivity index (χ0) is 27.0. The summed E-state index contributed by atoms with van der Waals surface area (Å²) >= 11 is 0. The summed E-state index contributed by atoms with van der Waals surface area (Å²) in [6, 6.07) is 5.27. The average Bonchev–Trinajstić information content (AvgIpc) is 2.79. The number of hydrogen-bond acceptors (Lipinski definition) is 4. The van der Waals surface area contributed by atoms with E-state index in [0.717, 1.165) is 6.07 Å². The molecule has 2 unspecified atom stereocenters. The SMILES string of the molecule is [2H]C1CC(F)(F)CCC1([2H])c1nc(C2([2H])CC(F)(F)C2)ccc1-c1cc(=O)c2c(C(N)=O)nccc2[nH]1. The number of primary amides is 1. The van der Waals surface area contributed by atoms with Crippen LogP contribution in [0.5, 0.6) is 0 Å². The molecule has 3 heterocycles. The fraction of sp³-hybridized carbons (Fsp3) is 0.417. The molecule has 34 heavy (non-hydrogen) atoms. The molecule has 3 aromatic heterocycles. The van der Waals surface area contributed by atoms with Crippen LogP contribution in [0.15, 0.2) is 35.3 Å². The van der Waals surface area contributed by atoms with Crippen molar-refractivity contribution in [1.29, 1.82) is 0 Å². The van der Waals surface area contributed by atoms with Gasteiger partial charge in [-0.25, -0.2) is 17.6 Å². The molecule has 10 heteroatoms. The van der Waals surface area contributed by atoms with Gasteiger partial charge in [-0.05, 0) is 31.0 Å². The molecule has 178 valence electrons. The number of nitrogens with two attached hydrogens (primary N) is 1. The second kappa shape index (κ2) is 7.89. The average molecular weight is 477 g/mol. The van der Waals surface area contributed by atoms with E-state index in [2.05, 4.69) is 15.0 Å². The van der Waals surface area contributed by atoms with E-state index < -0.39 is 73.5 Å². The van der Waals surface area contributed by atoms with Crippen molar-refractivity contribution in [3.05, 3.63) is 57.8 Å². The van der Waals surface area contributed by atoms with E-state index in [9.17, 15) is 27.2 Å². The van der Waals surface area contributed by atoms with Gasteiger partial charge in [0.2, 0.25) is 11.8 Å². The van der Waals surface area contributed by atoms with Crippen molar-refractivity contribution in [2.45, 2.75) is 62.1 Å². The summed E-state index contributed by atoms with van der Waals surface area (Å²) in [7, 11) is 0. The Morgan fingerprint density at radius 1 is 1.15 bits per heavy atom. The Morgan fingerprint density at radius 2 is 1.91 bits per heavy atom. The van der Waals surface area contributed by atoms with Gasteiger partial charge in [0, 0.05) is 65.1 Å². The monoisotopic (exact) mass is 477 g/mol. The number of amides is 1. The van der Waals surface area contributed by atoms with Crippen LogP contribution in [0.4, 0.5) is 17.6 Å². The van der Waals surface area contributed by atoms with Crippen LogP contribution in [-0.4, -0.2) is 32.7 Å². The summed E-state index contributed by atoms with van der Waals surface area (Å²) in [4.78, 5) is 35.9. The summed E-state index contributed by atoms with van der Waals surface area (Å²) in [5.74, 6) is -10.8. The van der Waals surface area contributed by atoms with Crippen LogP contribution in [0.25, 0.3) is 22.2 Å². The van der Waals surface area contributed by atoms with Gasteiger partial charge in [-0.2, -0.15) is 0 Å². The van der Waals surface area contributed by atoms with E-state index in [1.807, 2.05) is 0 Å². The number of fused-ring (bicyclic) bond motifs is 1. The molecule has 2 aliphatic rings. The van der Waals surface area contributed by atoms with Crippen LogP contribution in [-0.2, 0) is 0 Å². The zero-order valence-corrected chi connectivity index (χ0v) is 17.8. The minimum absolute atomic E-state index is 0.0586. The van der Waals surface area contributed by atoms with Gasteiger partial charge in [0.05, 0.1) is 22.3 Å². The molecule has 2 atom stereocenters. The van der Waals surface area contributed by atoms with Gasteiger partial charge in [-0.15, -0.1) is 0 Å². The molecule has 2 saturated carbocycles. The largest absolute Gasteiger partial charge is 0.364 e. The van der Waals surface area contributed by atoms with Crippen LogP contribution in [0.3, 0.4) is 0 Å². The molecule has 0 spiro atoms. The number of alkyl halides is 4. The van der Waals surface area contributed by atoms with Crippen LogP contribution in [0.2, 0.25) is 0 Å². The minimum atomic E-state index is -3.14. The van der Waals surface area contributed by atoms with Gasteiger partial charge in [0.25, 0.3) is 5.91 Å². The Bertz CT molecular complexity index is 1490. The quantitative estimate of drug-likeness (QED) is 0.523. The number of carbonyl (C=O) groups is 1. The van der Waals surface area contributed by atoms with Crippen molar-refractivity contribution in [2.75, 3.05) is 0 Å². The van der Waals surface area contributed by atoms with Gasteiger partial charge in [0.1, 0.15) is 5.69 Å². The van der Waals surface area contributed by atoms with Crippen LogP contribution in [0.1, 0.15) is 76.3 Å². The lowest BCUT2D eigenvalue weighted by Crippen LogP contribution is -2.34. The molecule has 0 aromatic carbocycles. The van der Waals surface area contributed by atoms with Gasteiger partial charge < -0.3 is 10.7 Å². The van der Waals surface area contributed by atoms with Crippen molar-refractivity contribution in [1.82, 2.24) is 15.0 Å². The zero-order valence-electron chi connectivity index (χ0n) is 20.8. The first-order valence-electron chi connectivity index (χ1n) is 12.2. The summed E-state index contributed by atoms with van der Waals surface area (Å²) in [5, 5.41) is -0.0667. The standard InChI is InChI=1S/C24H22F4N4O2/c25-23(26)6-3-12(4-7-23)20-14(1-2-15(32-20)13-10-24(27,28)11-13)17-9-18(33)19-16(31-17)5-8-30-21(19)22(29)34/h1-2,5,8-9,12-13H,3-4,6-7,10-11H2,(H2,29,34)(H,31,33)/i3D,12D,13D. The maximum Gasteiger partial charge on any atom is 0.268 e. The Labute approximate surface area is 195 Å². The fourth-order valence-corrected chi connectivity index (χ4v) is 4.41. The van der Waals surface area contributed by atoms with Gasteiger partial charge in [-0.1, -0.05) is 0 Å². The molecule has 6 nitrogen and oxygen atoms in total. The molecule has 0 aliphatic heterocycles. The predicted molar refractivity (Wildman–Crippen MR) is 117 cm³/mol. The highest BCUT2D eigenvalue weighted by atomic mass is 19.3. The smallest absolute Gasteiger partial charge is 0.268 e. The number of nitrogens with zero attached hydrogens (tertiary/aromatic N) is 2. The van der Waals surface area contributed by atoms with Crippen molar-refractivity contribution in [3.8, 4) is 11.3 Å². The van der Waals surface area contributed by atoms with E-state index in [-0.39, 0.29) is 39.2 Å². The number of rotatable bonds is 4. The number of H-pyrrole nitrogens is 1. The van der Waals surface area contributed by atoms with Crippen molar-refractivity contribution in [3.63, 3.8) is 0 Å². The number of carbonyl (C=O) groups excluding carboxylic acids is 1. The number of nitrogens with one attached hydrogen (secondary N) is 1. The molecular formula is C24H22F4N4O2. The number of aromatic nitrogens is 3. The van der Waals surface area contributed by atoms with Crippen LogP contribution in [0, 0.1) is 0 Å².